The topological polar surface area (TPSA) is 109 Å². The molecule has 2 aliphatic heterocycles. The van der Waals surface area contributed by atoms with Crippen LogP contribution in [0.4, 0.5) is 0 Å². The van der Waals surface area contributed by atoms with Gasteiger partial charge in [0.25, 0.3) is 11.7 Å². The zero-order valence-electron chi connectivity index (χ0n) is 20.2. The van der Waals surface area contributed by atoms with Gasteiger partial charge >= 0.3 is 0 Å². The summed E-state index contributed by atoms with van der Waals surface area (Å²) in [6.07, 6.45) is 0.609. The first kappa shape index (κ1) is 25.8. The number of hydrogen-bond acceptors (Lipinski definition) is 8. The third-order valence-electron chi connectivity index (χ3n) is 6.46. The minimum absolute atomic E-state index is 0.0410. The molecule has 2 aromatic rings. The number of amides is 1. The number of nitrogens with zero attached hydrogens (tertiary/aromatic N) is 2. The number of rotatable bonds is 8. The fourth-order valence-electron chi connectivity index (χ4n) is 4.62. The van der Waals surface area contributed by atoms with Crippen molar-refractivity contribution in [3.63, 3.8) is 0 Å². The van der Waals surface area contributed by atoms with Crippen LogP contribution in [0.5, 0.6) is 17.2 Å². The average molecular weight is 517 g/mol. The molecule has 0 bridgehead atoms. The Labute approximate surface area is 214 Å². The SMILES string of the molecule is COc1ccc(OC)c(C2C(=C(O)c3cc(Cl)ccc3O)C(=O)C(=O)N2CCCN2CCOCC2)c1. The monoisotopic (exact) mass is 516 g/mol. The van der Waals surface area contributed by atoms with E-state index in [1.54, 1.807) is 18.2 Å². The number of halogens is 1. The van der Waals surface area contributed by atoms with Gasteiger partial charge in [-0.1, -0.05) is 11.6 Å². The maximum Gasteiger partial charge on any atom is 0.295 e. The van der Waals surface area contributed by atoms with Crippen LogP contribution >= 0.6 is 11.6 Å². The minimum Gasteiger partial charge on any atom is -0.507 e. The van der Waals surface area contributed by atoms with Gasteiger partial charge in [0.05, 0.1) is 44.6 Å². The number of benzene rings is 2. The second-order valence-electron chi connectivity index (χ2n) is 8.57. The van der Waals surface area contributed by atoms with E-state index in [1.807, 2.05) is 0 Å². The molecule has 192 valence electrons. The number of aliphatic hydroxyl groups excluding tert-OH is 1. The zero-order chi connectivity index (χ0) is 25.8. The van der Waals surface area contributed by atoms with Crippen LogP contribution in [0.15, 0.2) is 42.0 Å². The second-order valence-corrected chi connectivity index (χ2v) is 9.01. The lowest BCUT2D eigenvalue weighted by Crippen LogP contribution is -2.39. The maximum atomic E-state index is 13.3. The Kier molecular flexibility index (Phi) is 8.03. The van der Waals surface area contributed by atoms with E-state index < -0.39 is 23.5 Å². The summed E-state index contributed by atoms with van der Waals surface area (Å²) in [5, 5.41) is 21.9. The number of phenolic OH excluding ortho intramolecular Hbond substituents is 1. The van der Waals surface area contributed by atoms with Gasteiger partial charge in [0, 0.05) is 36.8 Å². The number of phenols is 1. The molecule has 1 amide bonds. The van der Waals surface area contributed by atoms with Crippen molar-refractivity contribution in [2.45, 2.75) is 12.5 Å². The average Bonchev–Trinajstić information content (AvgIpc) is 3.14. The van der Waals surface area contributed by atoms with Crippen LogP contribution in [0.25, 0.3) is 5.76 Å². The van der Waals surface area contributed by atoms with Gasteiger partial charge in [0.2, 0.25) is 0 Å². The highest BCUT2D eigenvalue weighted by atomic mass is 35.5. The highest BCUT2D eigenvalue weighted by Crippen LogP contribution is 2.45. The van der Waals surface area contributed by atoms with Crippen molar-refractivity contribution >= 4 is 29.1 Å². The van der Waals surface area contributed by atoms with Crippen molar-refractivity contribution < 1.29 is 34.0 Å². The lowest BCUT2D eigenvalue weighted by atomic mass is 9.94. The van der Waals surface area contributed by atoms with Crippen LogP contribution in [0, 0.1) is 0 Å². The molecular formula is C26H29ClN2O7. The van der Waals surface area contributed by atoms with Gasteiger partial charge in [-0.05, 0) is 42.8 Å². The molecule has 4 rings (SSSR count). The van der Waals surface area contributed by atoms with Crippen molar-refractivity contribution in [1.82, 2.24) is 9.80 Å². The molecule has 36 heavy (non-hydrogen) atoms. The number of aromatic hydroxyl groups is 1. The highest BCUT2D eigenvalue weighted by Gasteiger charge is 2.47. The summed E-state index contributed by atoms with van der Waals surface area (Å²) in [7, 11) is 2.99. The molecular weight excluding hydrogens is 488 g/mol. The number of aliphatic hydroxyl groups is 1. The molecule has 2 saturated heterocycles. The molecule has 0 radical (unpaired) electrons. The van der Waals surface area contributed by atoms with Crippen LogP contribution in [0.2, 0.25) is 5.02 Å². The van der Waals surface area contributed by atoms with Crippen molar-refractivity contribution in [2.24, 2.45) is 0 Å². The molecule has 0 spiro atoms. The number of Topliss-reactive ketones (excluding diaryl/α,β-unsaturated/α-hetero) is 1. The van der Waals surface area contributed by atoms with Gasteiger partial charge in [-0.15, -0.1) is 0 Å². The zero-order valence-corrected chi connectivity index (χ0v) is 21.0. The van der Waals surface area contributed by atoms with Crippen molar-refractivity contribution in [2.75, 3.05) is 53.6 Å². The first-order valence-electron chi connectivity index (χ1n) is 11.6. The number of hydrogen-bond donors (Lipinski definition) is 2. The first-order valence-corrected chi connectivity index (χ1v) is 12.0. The van der Waals surface area contributed by atoms with Gasteiger partial charge in [-0.25, -0.2) is 0 Å². The van der Waals surface area contributed by atoms with E-state index in [4.69, 9.17) is 25.8 Å². The molecule has 0 saturated carbocycles. The summed E-state index contributed by atoms with van der Waals surface area (Å²) in [5.74, 6) is -1.47. The first-order chi connectivity index (χ1) is 17.3. The van der Waals surface area contributed by atoms with E-state index in [-0.39, 0.29) is 28.5 Å². The van der Waals surface area contributed by atoms with Crippen LogP contribution in [0.1, 0.15) is 23.6 Å². The number of morpholine rings is 1. The standard InChI is InChI=1S/C26H29ClN2O7/c1-34-17-5-7-21(35-2)19(15-17)23-22(24(31)18-14-16(27)4-6-20(18)30)25(32)26(33)29(23)9-3-8-28-10-12-36-13-11-28/h4-7,14-15,23,30-31H,3,8-13H2,1-2H3. The fourth-order valence-corrected chi connectivity index (χ4v) is 4.79. The number of carbonyl (C=O) groups excluding carboxylic acids is 2. The molecule has 9 nitrogen and oxygen atoms in total. The number of ketones is 1. The molecule has 1 unspecified atom stereocenters. The smallest absolute Gasteiger partial charge is 0.295 e. The minimum atomic E-state index is -0.960. The molecule has 1 atom stereocenters. The Hall–Kier alpha value is -3.27. The van der Waals surface area contributed by atoms with Crippen molar-refractivity contribution in [3.05, 3.63) is 58.1 Å². The Morgan fingerprint density at radius 3 is 2.53 bits per heavy atom. The summed E-state index contributed by atoms with van der Waals surface area (Å²) < 4.78 is 16.3. The summed E-state index contributed by atoms with van der Waals surface area (Å²) in [5.41, 5.74) is 0.279. The summed E-state index contributed by atoms with van der Waals surface area (Å²) >= 11 is 6.09. The maximum absolute atomic E-state index is 13.3. The van der Waals surface area contributed by atoms with Crippen LogP contribution in [-0.4, -0.2) is 85.3 Å². The Balaban J connectivity index is 1.79. The predicted octanol–water partition coefficient (Wildman–Crippen LogP) is 3.21. The summed E-state index contributed by atoms with van der Waals surface area (Å²) in [6, 6.07) is 8.22. The van der Waals surface area contributed by atoms with Gasteiger partial charge in [-0.2, -0.15) is 0 Å². The Morgan fingerprint density at radius 2 is 1.83 bits per heavy atom. The quantitative estimate of drug-likeness (QED) is 0.313. The number of methoxy groups -OCH3 is 2. The normalized spacial score (nSPS) is 20.1. The van der Waals surface area contributed by atoms with Gasteiger partial charge in [0.15, 0.2) is 0 Å². The van der Waals surface area contributed by atoms with Gasteiger partial charge < -0.3 is 29.3 Å². The third kappa shape index (κ3) is 5.13. The number of ether oxygens (including phenoxy) is 3. The Bertz CT molecular complexity index is 1180. The van der Waals surface area contributed by atoms with E-state index in [2.05, 4.69) is 4.90 Å². The van der Waals surface area contributed by atoms with E-state index in [1.165, 1.54) is 37.3 Å². The van der Waals surface area contributed by atoms with Crippen LogP contribution < -0.4 is 9.47 Å². The third-order valence-corrected chi connectivity index (χ3v) is 6.70. The highest BCUT2D eigenvalue weighted by molar-refractivity contribution is 6.46. The molecule has 2 fully saturated rings. The van der Waals surface area contributed by atoms with Gasteiger partial charge in [0.1, 0.15) is 23.0 Å². The molecule has 2 aromatic carbocycles. The number of likely N-dealkylation sites (tertiary alicyclic amines) is 1. The predicted molar refractivity (Wildman–Crippen MR) is 134 cm³/mol. The van der Waals surface area contributed by atoms with E-state index >= 15 is 0 Å². The lowest BCUT2D eigenvalue weighted by molar-refractivity contribution is -0.140. The van der Waals surface area contributed by atoms with E-state index in [0.717, 1.165) is 19.6 Å². The van der Waals surface area contributed by atoms with Crippen LogP contribution in [0.3, 0.4) is 0 Å². The van der Waals surface area contributed by atoms with E-state index in [9.17, 15) is 19.8 Å². The fraction of sp³-hybridized carbons (Fsp3) is 0.385. The second kappa shape index (κ2) is 11.2. The van der Waals surface area contributed by atoms with Crippen molar-refractivity contribution in [3.8, 4) is 17.2 Å². The molecule has 10 heteroatoms. The number of carbonyl (C=O) groups is 2. The summed E-state index contributed by atoms with van der Waals surface area (Å²) in [4.78, 5) is 30.2. The van der Waals surface area contributed by atoms with Crippen LogP contribution in [-0.2, 0) is 14.3 Å². The molecule has 2 heterocycles. The molecule has 2 aliphatic rings. The molecule has 0 aromatic heterocycles. The molecule has 2 N–H and O–H groups in total. The lowest BCUT2D eigenvalue weighted by Gasteiger charge is -2.29. The Morgan fingerprint density at radius 1 is 1.08 bits per heavy atom. The largest absolute Gasteiger partial charge is 0.507 e. The summed E-state index contributed by atoms with van der Waals surface area (Å²) in [6.45, 7) is 3.93. The van der Waals surface area contributed by atoms with Crippen molar-refractivity contribution in [1.29, 1.82) is 0 Å². The molecule has 0 aliphatic carbocycles. The van der Waals surface area contributed by atoms with E-state index in [0.29, 0.717) is 36.7 Å². The van der Waals surface area contributed by atoms with Gasteiger partial charge in [-0.3, -0.25) is 14.5 Å².